The molecule has 0 radical (unpaired) electrons. The van der Waals surface area contributed by atoms with E-state index in [4.69, 9.17) is 20.9 Å². The largest absolute Gasteiger partial charge is 0.481 e. The molecule has 1 spiro atoms. The van der Waals surface area contributed by atoms with Crippen LogP contribution in [0.15, 0.2) is 121 Å². The molecule has 8 amide bonds. The number of para-hydroxylation sites is 1. The molecule has 0 fully saturated rings. The highest BCUT2D eigenvalue weighted by atomic mass is 16.6. The van der Waals surface area contributed by atoms with E-state index in [0.29, 0.717) is 45.0 Å². The topological polar surface area (TPSA) is 440 Å². The lowest BCUT2D eigenvalue weighted by Gasteiger charge is -2.36. The van der Waals surface area contributed by atoms with Gasteiger partial charge in [0.1, 0.15) is 47.8 Å². The molecule has 0 saturated heterocycles. The van der Waals surface area contributed by atoms with Gasteiger partial charge in [-0.25, -0.2) is 9.59 Å². The van der Waals surface area contributed by atoms with Gasteiger partial charge >= 0.3 is 23.9 Å². The number of nitrogens with two attached hydrogens (primary N) is 2. The highest BCUT2D eigenvalue weighted by Crippen LogP contribution is 2.56. The third-order valence-corrected chi connectivity index (χ3v) is 15.3. The molecular formula is C64H71N9O18. The molecule has 0 bridgehead atoms. The van der Waals surface area contributed by atoms with Gasteiger partial charge in [0.05, 0.1) is 24.1 Å². The summed E-state index contributed by atoms with van der Waals surface area (Å²) in [6.45, 7) is 4.32. The Balaban J connectivity index is 1.00. The number of esters is 1. The van der Waals surface area contributed by atoms with Crippen LogP contribution in [-0.4, -0.2) is 140 Å². The standard InChI is InChI=1S/C64H71N9O18/c1-33(2)55(73-59(84)44(23-27-54(79)80)69-57(82)37-18-20-40-39(30-37)63(89)91-64(40)41-16-10-11-17-49(41)90-50-31-38(65)19-21-42(50)64)61(86)71-46(32-51(66)75)60(85)70-45(28-35-12-6-4-7-13-35)48(74)24-25-52(76)67-34(3)56(81)68-43(22-26-53(77)78)58(83)72-47(62(87)88)29-36-14-8-5-9-15-36/h4-21,30-31,33-34,43-48,55,74H,22-29,32,65H2,1-3H3,(H2,66,75)(H,67,76)(H,68,81)(H,69,82)(H,70,85)(H,71,86)(H,72,83)(H,73,84)(H,77,78)(H,79,80)(H,87,88)/t34-,43?,44?,45-,46?,47-,48?,55-,64?/m0/s1. The minimum Gasteiger partial charge on any atom is -0.481 e. The second-order valence-corrected chi connectivity index (χ2v) is 22.4. The van der Waals surface area contributed by atoms with Gasteiger partial charge in [0.15, 0.2) is 5.60 Å². The first-order valence-corrected chi connectivity index (χ1v) is 29.1. The van der Waals surface area contributed by atoms with Crippen LogP contribution in [0.5, 0.6) is 11.5 Å². The van der Waals surface area contributed by atoms with Crippen LogP contribution in [0.25, 0.3) is 0 Å². The average molecular weight is 1250 g/mol. The van der Waals surface area contributed by atoms with Crippen molar-refractivity contribution in [3.05, 3.63) is 160 Å². The van der Waals surface area contributed by atoms with Crippen LogP contribution < -0.4 is 53.4 Å². The first-order valence-electron chi connectivity index (χ1n) is 29.1. The van der Waals surface area contributed by atoms with Gasteiger partial charge in [0.25, 0.3) is 5.91 Å². The van der Waals surface area contributed by atoms with Crippen LogP contribution in [0, 0.1) is 5.92 Å². The molecule has 2 heterocycles. The summed E-state index contributed by atoms with van der Waals surface area (Å²) in [6, 6.07) is 22.3. The van der Waals surface area contributed by atoms with Gasteiger partial charge in [-0.15, -0.1) is 0 Å². The lowest BCUT2D eigenvalue weighted by atomic mass is 9.77. The zero-order valence-corrected chi connectivity index (χ0v) is 49.8. The second kappa shape index (κ2) is 30.5. The molecule has 15 N–H and O–H groups in total. The quantitative estimate of drug-likeness (QED) is 0.0222. The molecule has 27 nitrogen and oxygen atoms in total. The van der Waals surface area contributed by atoms with E-state index in [-0.39, 0.29) is 30.4 Å². The van der Waals surface area contributed by atoms with Crippen molar-refractivity contribution in [2.24, 2.45) is 11.7 Å². The van der Waals surface area contributed by atoms with Crippen molar-refractivity contribution in [3.63, 3.8) is 0 Å². The van der Waals surface area contributed by atoms with Crippen molar-refractivity contribution in [1.82, 2.24) is 37.2 Å². The summed E-state index contributed by atoms with van der Waals surface area (Å²) >= 11 is 0. The number of anilines is 1. The van der Waals surface area contributed by atoms with Crippen molar-refractivity contribution >= 4 is 76.8 Å². The number of nitrogen functional groups attached to an aromatic ring is 1. The number of benzene rings is 5. The van der Waals surface area contributed by atoms with E-state index in [2.05, 4.69) is 37.2 Å². The second-order valence-electron chi connectivity index (χ2n) is 22.4. The summed E-state index contributed by atoms with van der Waals surface area (Å²) in [5.74, 6) is -12.6. The van der Waals surface area contributed by atoms with Crippen molar-refractivity contribution in [3.8, 4) is 11.5 Å². The van der Waals surface area contributed by atoms with E-state index in [1.807, 2.05) is 0 Å². The number of amides is 8. The van der Waals surface area contributed by atoms with Crippen LogP contribution in [0.4, 0.5) is 5.69 Å². The molecule has 2 aliphatic rings. The Morgan fingerprint density at radius 3 is 1.70 bits per heavy atom. The maximum atomic E-state index is 14.2. The predicted octanol–water partition coefficient (Wildman–Crippen LogP) is 1.84. The number of carboxylic acids is 3. The van der Waals surface area contributed by atoms with Gasteiger partial charge in [-0.3, -0.25) is 47.9 Å². The van der Waals surface area contributed by atoms with Crippen LogP contribution in [-0.2, 0) is 71.1 Å². The Kier molecular flexibility index (Phi) is 22.7. The number of primary amides is 1. The summed E-state index contributed by atoms with van der Waals surface area (Å²) < 4.78 is 12.3. The Bertz CT molecular complexity index is 3590. The zero-order chi connectivity index (χ0) is 66.3. The SMILES string of the molecule is CC(C)[C@H](NC(=O)C(CCC(=O)O)NC(=O)c1ccc2c(c1)C(=O)OC21c2ccccc2Oc2cc(N)ccc21)C(=O)NC(CC(N)=O)C(=O)N[C@@H](Cc1ccccc1)C(O)CCC(=O)N[C@@H](C)C(=O)NC(CCC(=O)O)C(=O)N[C@@H](Cc1ccccc1)C(=O)O. The molecule has 9 atom stereocenters. The number of carbonyl (C=O) groups is 12. The van der Waals surface area contributed by atoms with Gasteiger partial charge in [-0.05, 0) is 80.0 Å². The van der Waals surface area contributed by atoms with Gasteiger partial charge in [-0.2, -0.15) is 0 Å². The fourth-order valence-corrected chi connectivity index (χ4v) is 10.5. The lowest BCUT2D eigenvalue weighted by molar-refractivity contribution is -0.143. The van der Waals surface area contributed by atoms with Gasteiger partial charge in [0, 0.05) is 59.7 Å². The molecule has 480 valence electrons. The number of rotatable bonds is 31. The monoisotopic (exact) mass is 1250 g/mol. The maximum absolute atomic E-state index is 14.2. The molecule has 5 aromatic rings. The Hall–Kier alpha value is -10.7. The van der Waals surface area contributed by atoms with Crippen molar-refractivity contribution in [2.75, 3.05) is 5.73 Å². The Morgan fingerprint density at radius 1 is 0.538 bits per heavy atom. The summed E-state index contributed by atoms with van der Waals surface area (Å²) in [4.78, 5) is 158. The molecule has 0 saturated carbocycles. The van der Waals surface area contributed by atoms with E-state index < -0.39 is 170 Å². The summed E-state index contributed by atoms with van der Waals surface area (Å²) in [6.07, 6.45) is -5.49. The Morgan fingerprint density at radius 2 is 1.09 bits per heavy atom. The number of carbonyl (C=O) groups excluding carboxylic acids is 9. The van der Waals surface area contributed by atoms with Gasteiger partial charge in [-0.1, -0.05) is 98.8 Å². The van der Waals surface area contributed by atoms with Gasteiger partial charge in [0.2, 0.25) is 41.4 Å². The van der Waals surface area contributed by atoms with Crippen molar-refractivity contribution in [2.45, 2.75) is 133 Å². The number of hydrogen-bond acceptors (Lipinski definition) is 16. The maximum Gasteiger partial charge on any atom is 0.340 e. The van der Waals surface area contributed by atoms with E-state index in [1.165, 1.54) is 39.0 Å². The average Bonchev–Trinajstić information content (AvgIpc) is 1.63. The van der Waals surface area contributed by atoms with Crippen LogP contribution in [0.3, 0.4) is 0 Å². The number of fused-ring (bicyclic) bond motifs is 6. The third-order valence-electron chi connectivity index (χ3n) is 15.3. The van der Waals surface area contributed by atoms with Crippen LogP contribution >= 0.6 is 0 Å². The minimum absolute atomic E-state index is 0.00673. The van der Waals surface area contributed by atoms with E-state index in [9.17, 15) is 78.0 Å². The highest BCUT2D eigenvalue weighted by molar-refractivity contribution is 6.03. The first-order chi connectivity index (χ1) is 43.2. The number of hydrogen-bond donors (Lipinski definition) is 13. The number of nitrogens with one attached hydrogen (secondary N) is 7. The summed E-state index contributed by atoms with van der Waals surface area (Å²) in [7, 11) is 0. The van der Waals surface area contributed by atoms with Crippen molar-refractivity contribution < 1.29 is 87.4 Å². The normalized spacial score (nSPS) is 16.1. The highest BCUT2D eigenvalue weighted by Gasteiger charge is 2.54. The zero-order valence-electron chi connectivity index (χ0n) is 49.8. The van der Waals surface area contributed by atoms with Crippen LogP contribution in [0.2, 0.25) is 0 Å². The third kappa shape index (κ3) is 17.6. The molecule has 27 heteroatoms. The van der Waals surface area contributed by atoms with E-state index in [0.717, 1.165) is 0 Å². The van der Waals surface area contributed by atoms with E-state index in [1.54, 1.807) is 103 Å². The van der Waals surface area contributed by atoms with Crippen LogP contribution in [0.1, 0.15) is 114 Å². The van der Waals surface area contributed by atoms with E-state index >= 15 is 0 Å². The molecule has 91 heavy (non-hydrogen) atoms. The first kappa shape index (κ1) is 67.8. The molecule has 7 rings (SSSR count). The fourth-order valence-electron chi connectivity index (χ4n) is 10.5. The predicted molar refractivity (Wildman–Crippen MR) is 323 cm³/mol. The number of aliphatic hydroxyl groups excluding tert-OH is 1. The molecule has 0 aliphatic carbocycles. The number of ether oxygens (including phenoxy) is 2. The number of aliphatic hydroxyl groups is 1. The Labute approximate surface area is 521 Å². The smallest absolute Gasteiger partial charge is 0.340 e. The minimum atomic E-state index is -1.74. The molecule has 5 aromatic carbocycles. The molecule has 0 aromatic heterocycles. The lowest BCUT2D eigenvalue weighted by Crippen LogP contribution is -2.60. The fraction of sp³-hybridized carbons (Fsp3) is 0.344. The van der Waals surface area contributed by atoms with Gasteiger partial charge < -0.3 is 78.6 Å². The molecule has 5 unspecified atom stereocenters. The summed E-state index contributed by atoms with van der Waals surface area (Å²) in [5, 5.41) is 57.7. The number of aliphatic carboxylic acids is 3. The molecular weight excluding hydrogens is 1180 g/mol. The number of carboxylic acid groups (broad SMARTS) is 3. The van der Waals surface area contributed by atoms with Crippen molar-refractivity contribution in [1.29, 1.82) is 0 Å². The summed E-state index contributed by atoms with van der Waals surface area (Å²) in [5.41, 5.74) is 12.9. The molecule has 2 aliphatic heterocycles.